The summed E-state index contributed by atoms with van der Waals surface area (Å²) in [5.41, 5.74) is -0.702. The van der Waals surface area contributed by atoms with E-state index in [4.69, 9.17) is 4.74 Å². The highest BCUT2D eigenvalue weighted by Crippen LogP contribution is 2.46. The summed E-state index contributed by atoms with van der Waals surface area (Å²) >= 11 is 3.13. The lowest BCUT2D eigenvalue weighted by atomic mass is 9.86. The number of nitrogens with zero attached hydrogens (tertiary/aromatic N) is 1. The number of hydrogen-bond donors (Lipinski definition) is 0. The fourth-order valence-corrected chi connectivity index (χ4v) is 2.71. The van der Waals surface area contributed by atoms with Gasteiger partial charge in [-0.25, -0.2) is 8.78 Å². The van der Waals surface area contributed by atoms with Crippen LogP contribution in [0.25, 0.3) is 0 Å². The maximum Gasteiger partial charge on any atom is 0.296 e. The Kier molecular flexibility index (Phi) is 4.42. The number of hydrogen-bond acceptors (Lipinski definition) is 2. The van der Waals surface area contributed by atoms with Crippen LogP contribution in [0.15, 0.2) is 41.0 Å². The van der Waals surface area contributed by atoms with Crippen molar-refractivity contribution in [1.29, 1.82) is 0 Å². The second kappa shape index (κ2) is 6.20. The van der Waals surface area contributed by atoms with Gasteiger partial charge in [-0.15, -0.1) is 0 Å². The number of alkyl halides is 2. The molecule has 0 amide bonds. The van der Waals surface area contributed by atoms with Crippen LogP contribution in [-0.4, -0.2) is 17.7 Å². The maximum absolute atomic E-state index is 14.9. The van der Waals surface area contributed by atoms with E-state index < -0.39 is 29.2 Å². The fourth-order valence-electron chi connectivity index (χ4n) is 2.47. The highest BCUT2D eigenvalue weighted by molar-refractivity contribution is 9.10. The Morgan fingerprint density at radius 3 is 2.57 bits per heavy atom. The van der Waals surface area contributed by atoms with E-state index >= 15 is 0 Å². The zero-order valence-corrected chi connectivity index (χ0v) is 13.4. The van der Waals surface area contributed by atoms with Gasteiger partial charge in [0.15, 0.2) is 0 Å². The normalized spacial score (nSPS) is 18.7. The minimum atomic E-state index is -3.41. The van der Waals surface area contributed by atoms with Crippen LogP contribution in [0.2, 0.25) is 0 Å². The third kappa shape index (κ3) is 3.55. The molecule has 2 nitrogen and oxygen atoms in total. The molecule has 0 saturated carbocycles. The molecule has 0 aliphatic carbocycles. The zero-order valence-electron chi connectivity index (χ0n) is 11.8. The van der Waals surface area contributed by atoms with Gasteiger partial charge in [-0.05, 0) is 46.1 Å². The minimum Gasteiger partial charge on any atom is -0.373 e. The molecule has 2 heterocycles. The number of halogens is 5. The molecule has 2 aromatic rings. The van der Waals surface area contributed by atoms with E-state index in [9.17, 15) is 17.6 Å². The van der Waals surface area contributed by atoms with Crippen molar-refractivity contribution in [2.75, 3.05) is 6.61 Å². The van der Waals surface area contributed by atoms with Crippen LogP contribution in [0.3, 0.4) is 0 Å². The minimum absolute atomic E-state index is 0.0622. The summed E-state index contributed by atoms with van der Waals surface area (Å²) in [6.45, 7) is 0.364. The van der Waals surface area contributed by atoms with Gasteiger partial charge in [0.2, 0.25) is 0 Å². The molecule has 3 rings (SSSR count). The third-order valence-corrected chi connectivity index (χ3v) is 4.21. The lowest BCUT2D eigenvalue weighted by Gasteiger charge is -2.27. The molecule has 122 valence electrons. The van der Waals surface area contributed by atoms with Crippen molar-refractivity contribution in [2.24, 2.45) is 0 Å². The molecule has 0 bridgehead atoms. The van der Waals surface area contributed by atoms with E-state index in [2.05, 4.69) is 20.9 Å². The fraction of sp³-hybridized carbons (Fsp3) is 0.312. The molecule has 0 N–H and O–H groups in total. The number of benzene rings is 1. The first-order chi connectivity index (χ1) is 10.9. The van der Waals surface area contributed by atoms with E-state index in [0.717, 1.165) is 12.1 Å². The Balaban J connectivity index is 2.01. The van der Waals surface area contributed by atoms with Crippen LogP contribution in [0, 0.1) is 11.6 Å². The number of rotatable bonds is 5. The van der Waals surface area contributed by atoms with E-state index in [1.54, 1.807) is 0 Å². The van der Waals surface area contributed by atoms with E-state index in [0.29, 0.717) is 17.1 Å². The number of ether oxygens (including phenoxy) is 1. The van der Waals surface area contributed by atoms with Crippen molar-refractivity contribution in [3.05, 3.63) is 63.9 Å². The topological polar surface area (TPSA) is 25.4 Å². The molecular weight excluding hydrogens is 378 g/mol. The number of epoxide rings is 1. The van der Waals surface area contributed by atoms with Crippen LogP contribution in [0.1, 0.15) is 23.6 Å². The van der Waals surface area contributed by atoms with Gasteiger partial charge in [-0.2, -0.15) is 8.78 Å². The van der Waals surface area contributed by atoms with Crippen molar-refractivity contribution in [1.82, 2.24) is 4.98 Å². The van der Waals surface area contributed by atoms with Gasteiger partial charge >= 0.3 is 0 Å². The Hall–Kier alpha value is -1.47. The van der Waals surface area contributed by atoms with Crippen molar-refractivity contribution < 1.29 is 22.3 Å². The van der Waals surface area contributed by atoms with Crippen LogP contribution < -0.4 is 0 Å². The van der Waals surface area contributed by atoms with Crippen molar-refractivity contribution in [3.8, 4) is 0 Å². The summed E-state index contributed by atoms with van der Waals surface area (Å²) in [4.78, 5) is 3.74. The summed E-state index contributed by atoms with van der Waals surface area (Å²) in [7, 11) is 0. The molecule has 1 aliphatic heterocycles. The van der Waals surface area contributed by atoms with Gasteiger partial charge in [-0.3, -0.25) is 4.98 Å². The van der Waals surface area contributed by atoms with Gasteiger partial charge in [0, 0.05) is 16.7 Å². The maximum atomic E-state index is 14.9. The number of aromatic nitrogens is 1. The number of pyridine rings is 1. The van der Waals surface area contributed by atoms with Crippen molar-refractivity contribution in [2.45, 2.75) is 24.4 Å². The molecule has 7 heteroatoms. The summed E-state index contributed by atoms with van der Waals surface area (Å²) in [6, 6.07) is 5.28. The average Bonchev–Trinajstić information content (AvgIpc) is 3.30. The smallest absolute Gasteiger partial charge is 0.296 e. The highest BCUT2D eigenvalue weighted by atomic mass is 79.9. The first-order valence-corrected chi connectivity index (χ1v) is 7.73. The second-order valence-corrected chi connectivity index (χ2v) is 6.31. The van der Waals surface area contributed by atoms with Crippen molar-refractivity contribution >= 4 is 15.9 Å². The van der Waals surface area contributed by atoms with Crippen LogP contribution in [0.4, 0.5) is 17.6 Å². The van der Waals surface area contributed by atoms with Gasteiger partial charge in [0.1, 0.15) is 17.3 Å². The molecule has 1 saturated heterocycles. The molecule has 23 heavy (non-hydrogen) atoms. The van der Waals surface area contributed by atoms with E-state index in [-0.39, 0.29) is 18.1 Å². The van der Waals surface area contributed by atoms with Gasteiger partial charge in [-0.1, -0.05) is 6.07 Å². The average molecular weight is 390 g/mol. The largest absolute Gasteiger partial charge is 0.373 e. The summed E-state index contributed by atoms with van der Waals surface area (Å²) in [5, 5.41) is 0. The molecule has 1 aromatic carbocycles. The molecule has 2 atom stereocenters. The van der Waals surface area contributed by atoms with E-state index in [1.165, 1.54) is 18.3 Å². The molecule has 1 aliphatic rings. The molecule has 2 unspecified atom stereocenters. The van der Waals surface area contributed by atoms with Gasteiger partial charge in [0.25, 0.3) is 5.92 Å². The van der Waals surface area contributed by atoms with Crippen LogP contribution in [0.5, 0.6) is 0 Å². The SMILES string of the molecule is Fc1ccc(C(CC2CO2)C(F)(F)c2ccc(Br)cn2)c(F)c1. The van der Waals surface area contributed by atoms with Crippen LogP contribution in [-0.2, 0) is 10.7 Å². The second-order valence-electron chi connectivity index (χ2n) is 5.39. The Morgan fingerprint density at radius 2 is 2.00 bits per heavy atom. The molecule has 0 spiro atoms. The first-order valence-electron chi connectivity index (χ1n) is 6.94. The first kappa shape index (κ1) is 16.4. The highest BCUT2D eigenvalue weighted by Gasteiger charge is 2.47. The van der Waals surface area contributed by atoms with Crippen molar-refractivity contribution in [3.63, 3.8) is 0 Å². The van der Waals surface area contributed by atoms with Crippen LogP contribution >= 0.6 is 15.9 Å². The summed E-state index contributed by atoms with van der Waals surface area (Å²) < 4.78 is 62.5. The molecule has 0 radical (unpaired) electrons. The quantitative estimate of drug-likeness (QED) is 0.542. The predicted octanol–water partition coefficient (Wildman–Crippen LogP) is 4.79. The summed E-state index contributed by atoms with van der Waals surface area (Å²) in [5.74, 6) is -6.69. The standard InChI is InChI=1S/C16H12BrF4NO/c17-9-1-4-15(22-7-9)16(20,21)13(6-11-8-23-11)12-3-2-10(18)5-14(12)19/h1-5,7,11,13H,6,8H2. The predicted molar refractivity (Wildman–Crippen MR) is 79.3 cm³/mol. The van der Waals surface area contributed by atoms with Gasteiger partial charge < -0.3 is 4.74 Å². The monoisotopic (exact) mass is 389 g/mol. The summed E-state index contributed by atoms with van der Waals surface area (Å²) in [6.07, 6.45) is 0.855. The van der Waals surface area contributed by atoms with E-state index in [1.807, 2.05) is 0 Å². The molecule has 1 fully saturated rings. The lowest BCUT2D eigenvalue weighted by Crippen LogP contribution is -2.27. The Bertz CT molecular complexity index is 704. The Morgan fingerprint density at radius 1 is 1.26 bits per heavy atom. The molecule has 1 aromatic heterocycles. The Labute approximate surface area is 138 Å². The van der Waals surface area contributed by atoms with Gasteiger partial charge in [0.05, 0.1) is 18.6 Å². The third-order valence-electron chi connectivity index (χ3n) is 3.75. The lowest BCUT2D eigenvalue weighted by molar-refractivity contribution is -0.0438. The molecular formula is C16H12BrF4NO. The zero-order chi connectivity index (χ0) is 16.6.